The van der Waals surface area contributed by atoms with E-state index in [1.165, 1.54) is 5.57 Å². The average Bonchev–Trinajstić information content (AvgIpc) is 2.56. The first kappa shape index (κ1) is 14.9. The van der Waals surface area contributed by atoms with Gasteiger partial charge >= 0.3 is 0 Å². The van der Waals surface area contributed by atoms with Crippen molar-refractivity contribution in [1.82, 2.24) is 10.7 Å². The smallest absolute Gasteiger partial charge is 0.188 e. The van der Waals surface area contributed by atoms with E-state index in [-0.39, 0.29) is 11.8 Å². The van der Waals surface area contributed by atoms with Crippen molar-refractivity contribution in [3.8, 4) is 0 Å². The molecule has 2 N–H and O–H groups in total. The normalized spacial score (nSPS) is 23.4. The molecular formula is C18H24N3O+. The first-order chi connectivity index (χ1) is 10.6. The number of quaternary nitrogens is 1. The molecule has 0 saturated heterocycles. The number of carbonyl (C=O) groups excluding carboxylic acids is 1. The van der Waals surface area contributed by atoms with Crippen molar-refractivity contribution >= 4 is 5.78 Å². The van der Waals surface area contributed by atoms with Gasteiger partial charge in [-0.05, 0) is 25.5 Å². The number of Topliss-reactive ketones (excluding diaryl/α,β-unsaturated/α-hetero) is 1. The van der Waals surface area contributed by atoms with Gasteiger partial charge in [0.05, 0.1) is 26.2 Å². The fourth-order valence-electron chi connectivity index (χ4n) is 2.91. The number of hydrogen-bond donors (Lipinski definition) is 2. The highest BCUT2D eigenvalue weighted by molar-refractivity contribution is 5.99. The van der Waals surface area contributed by atoms with Gasteiger partial charge < -0.3 is 5.32 Å². The number of fused-ring (bicyclic) bond motifs is 2. The van der Waals surface area contributed by atoms with Crippen LogP contribution < -0.4 is 10.7 Å². The van der Waals surface area contributed by atoms with Crippen LogP contribution in [0.1, 0.15) is 20.3 Å². The highest BCUT2D eigenvalue weighted by Gasteiger charge is 2.31. The zero-order chi connectivity index (χ0) is 15.7. The maximum atomic E-state index is 12.5. The molecule has 4 heteroatoms. The number of nitrogens with one attached hydrogen (secondary N) is 2. The predicted molar refractivity (Wildman–Crippen MR) is 88.4 cm³/mol. The van der Waals surface area contributed by atoms with Gasteiger partial charge in [-0.15, -0.1) is 0 Å². The van der Waals surface area contributed by atoms with Gasteiger partial charge in [-0.3, -0.25) is 4.79 Å². The molecule has 4 nitrogen and oxygen atoms in total. The van der Waals surface area contributed by atoms with E-state index in [9.17, 15) is 4.79 Å². The van der Waals surface area contributed by atoms with E-state index in [4.69, 9.17) is 0 Å². The summed E-state index contributed by atoms with van der Waals surface area (Å²) < 4.78 is 0.653. The predicted octanol–water partition coefficient (Wildman–Crippen LogP) is 2.11. The number of allylic oxidation sites excluding steroid dienone is 5. The summed E-state index contributed by atoms with van der Waals surface area (Å²) in [4.78, 5) is 12.5. The second kappa shape index (κ2) is 5.61. The maximum absolute atomic E-state index is 12.5. The fourth-order valence-corrected chi connectivity index (χ4v) is 2.91. The third-order valence-electron chi connectivity index (χ3n) is 4.79. The Labute approximate surface area is 132 Å². The molecule has 1 heterocycles. The van der Waals surface area contributed by atoms with Gasteiger partial charge in [-0.1, -0.05) is 30.4 Å². The third-order valence-corrected chi connectivity index (χ3v) is 4.79. The van der Waals surface area contributed by atoms with Crippen molar-refractivity contribution in [2.75, 3.05) is 20.1 Å². The average molecular weight is 298 g/mol. The molecule has 0 aromatic rings. The molecule has 22 heavy (non-hydrogen) atoms. The SMILES string of the molecule is CC[N+](C)(CC)NC1=C2C=C3C=CC=CC3NC2=CCC1=O. The summed E-state index contributed by atoms with van der Waals surface area (Å²) in [5.41, 5.74) is 7.48. The van der Waals surface area contributed by atoms with E-state index < -0.39 is 0 Å². The Morgan fingerprint density at radius 3 is 2.82 bits per heavy atom. The van der Waals surface area contributed by atoms with Crippen LogP contribution in [0.25, 0.3) is 0 Å². The van der Waals surface area contributed by atoms with Crippen LogP contribution in [0.2, 0.25) is 0 Å². The van der Waals surface area contributed by atoms with E-state index in [1.54, 1.807) is 0 Å². The second-order valence-corrected chi connectivity index (χ2v) is 6.18. The summed E-state index contributed by atoms with van der Waals surface area (Å²) in [6, 6.07) is 0.215. The second-order valence-electron chi connectivity index (χ2n) is 6.18. The lowest BCUT2D eigenvalue weighted by molar-refractivity contribution is -0.944. The van der Waals surface area contributed by atoms with Crippen LogP contribution in [0.5, 0.6) is 0 Å². The van der Waals surface area contributed by atoms with Crippen LogP contribution in [0.4, 0.5) is 0 Å². The molecule has 0 spiro atoms. The molecule has 0 fully saturated rings. The van der Waals surface area contributed by atoms with Crippen LogP contribution >= 0.6 is 0 Å². The molecule has 3 rings (SSSR count). The van der Waals surface area contributed by atoms with E-state index >= 15 is 0 Å². The summed E-state index contributed by atoms with van der Waals surface area (Å²) in [5, 5.41) is 3.53. The Hall–Kier alpha value is -2.07. The fraction of sp³-hybridized carbons (Fsp3) is 0.389. The molecule has 1 atom stereocenters. The maximum Gasteiger partial charge on any atom is 0.188 e. The van der Waals surface area contributed by atoms with Gasteiger partial charge in [-0.2, -0.15) is 0 Å². The first-order valence-corrected chi connectivity index (χ1v) is 8.00. The minimum atomic E-state index is 0.164. The van der Waals surface area contributed by atoms with Crippen LogP contribution in [-0.2, 0) is 4.79 Å². The van der Waals surface area contributed by atoms with E-state index in [2.05, 4.69) is 55.9 Å². The Morgan fingerprint density at radius 1 is 1.32 bits per heavy atom. The van der Waals surface area contributed by atoms with Gasteiger partial charge in [0.1, 0.15) is 5.70 Å². The van der Waals surface area contributed by atoms with Crippen LogP contribution in [-0.4, -0.2) is 36.6 Å². The van der Waals surface area contributed by atoms with Crippen molar-refractivity contribution < 1.29 is 9.39 Å². The van der Waals surface area contributed by atoms with E-state index in [1.807, 2.05) is 12.2 Å². The van der Waals surface area contributed by atoms with Gasteiger partial charge in [0, 0.05) is 17.7 Å². The zero-order valence-electron chi connectivity index (χ0n) is 13.5. The van der Waals surface area contributed by atoms with E-state index in [0.717, 1.165) is 30.1 Å². The third kappa shape index (κ3) is 2.55. The summed E-state index contributed by atoms with van der Waals surface area (Å²) >= 11 is 0. The Balaban J connectivity index is 2.03. The summed E-state index contributed by atoms with van der Waals surface area (Å²) in [7, 11) is 2.12. The molecule has 0 amide bonds. The molecule has 2 aliphatic carbocycles. The standard InChI is InChI=1S/C18H24N3O/c1-4-21(3,5-2)20-18-14-12-13-8-6-7-9-15(13)19-16(14)10-11-17(18)22/h6-10,12,15,19-20H,4-5,11H2,1-3H3/q+1. The number of rotatable bonds is 4. The van der Waals surface area contributed by atoms with Crippen molar-refractivity contribution in [2.45, 2.75) is 26.3 Å². The molecule has 3 aliphatic rings. The van der Waals surface area contributed by atoms with Crippen LogP contribution in [0.15, 0.2) is 59.0 Å². The van der Waals surface area contributed by atoms with Gasteiger partial charge in [-0.25, -0.2) is 10.0 Å². The van der Waals surface area contributed by atoms with Crippen molar-refractivity contribution in [1.29, 1.82) is 0 Å². The van der Waals surface area contributed by atoms with Gasteiger partial charge in [0.25, 0.3) is 0 Å². The summed E-state index contributed by atoms with van der Waals surface area (Å²) in [5.74, 6) is 0.164. The van der Waals surface area contributed by atoms with Crippen LogP contribution in [0.3, 0.4) is 0 Å². The molecule has 0 saturated carbocycles. The molecular weight excluding hydrogens is 274 g/mol. The highest BCUT2D eigenvalue weighted by atomic mass is 16.1. The zero-order valence-corrected chi connectivity index (χ0v) is 13.5. The molecule has 0 aromatic carbocycles. The first-order valence-electron chi connectivity index (χ1n) is 8.00. The Morgan fingerprint density at radius 2 is 2.09 bits per heavy atom. The molecule has 0 radical (unpaired) electrons. The van der Waals surface area contributed by atoms with Crippen molar-refractivity contribution in [3.63, 3.8) is 0 Å². The van der Waals surface area contributed by atoms with Crippen molar-refractivity contribution in [2.24, 2.45) is 0 Å². The number of ketones is 1. The summed E-state index contributed by atoms with van der Waals surface area (Å²) in [6.07, 6.45) is 12.9. The molecule has 1 aliphatic heterocycles. The lowest BCUT2D eigenvalue weighted by Crippen LogP contribution is -2.56. The quantitative estimate of drug-likeness (QED) is 0.617. The van der Waals surface area contributed by atoms with Gasteiger partial charge in [0.15, 0.2) is 5.78 Å². The lowest BCUT2D eigenvalue weighted by atomic mass is 9.89. The Bertz CT molecular complexity index is 645. The summed E-state index contributed by atoms with van der Waals surface area (Å²) in [6.45, 7) is 6.12. The molecule has 0 aromatic heterocycles. The minimum Gasteiger partial charge on any atom is -0.374 e. The molecule has 116 valence electrons. The topological polar surface area (TPSA) is 41.1 Å². The highest BCUT2D eigenvalue weighted by Crippen LogP contribution is 2.30. The minimum absolute atomic E-state index is 0.164. The monoisotopic (exact) mass is 298 g/mol. The van der Waals surface area contributed by atoms with Crippen molar-refractivity contribution in [3.05, 3.63) is 59.0 Å². The number of hydrogen-bond acceptors (Lipinski definition) is 3. The number of carbonyl (C=O) groups is 1. The molecule has 0 bridgehead atoms. The van der Waals surface area contributed by atoms with E-state index in [0.29, 0.717) is 11.0 Å². The lowest BCUT2D eigenvalue weighted by Gasteiger charge is -2.36. The molecule has 1 unspecified atom stereocenters. The number of nitrogens with zero attached hydrogens (tertiary/aromatic N) is 1. The van der Waals surface area contributed by atoms with Gasteiger partial charge in [0.2, 0.25) is 0 Å². The largest absolute Gasteiger partial charge is 0.374 e. The van der Waals surface area contributed by atoms with Crippen LogP contribution in [0, 0.1) is 0 Å². The Kier molecular flexibility index (Phi) is 3.79.